The first-order valence-corrected chi connectivity index (χ1v) is 15.2. The number of hydrogen-bond acceptors (Lipinski definition) is 9. The molecule has 1 N–H and O–H groups in total. The third-order valence-electron chi connectivity index (χ3n) is 9.55. The molecule has 42 heavy (non-hydrogen) atoms. The lowest BCUT2D eigenvalue weighted by atomic mass is 9.83. The van der Waals surface area contributed by atoms with Crippen molar-refractivity contribution in [1.82, 2.24) is 29.7 Å². The highest BCUT2D eigenvalue weighted by atomic mass is 35.5. The zero-order valence-electron chi connectivity index (χ0n) is 24.2. The van der Waals surface area contributed by atoms with Crippen molar-refractivity contribution in [3.8, 4) is 22.8 Å². The number of halogens is 1. The highest BCUT2D eigenvalue weighted by Gasteiger charge is 2.56. The highest BCUT2D eigenvalue weighted by molar-refractivity contribution is 6.30. The van der Waals surface area contributed by atoms with Gasteiger partial charge in [-0.25, -0.2) is 14.8 Å². The maximum Gasteiger partial charge on any atom is 0.439 e. The van der Waals surface area contributed by atoms with E-state index in [4.69, 9.17) is 35.6 Å². The molecule has 0 spiro atoms. The molecule has 222 valence electrons. The normalized spacial score (nSPS) is 25.4. The third kappa shape index (κ3) is 4.91. The average molecular weight is 594 g/mol. The molecular weight excluding hydrogens is 558 g/mol. The Bertz CT molecular complexity index is 1650. The number of hydrogen-bond donors (Lipinski definition) is 1. The van der Waals surface area contributed by atoms with Crippen LogP contribution >= 0.6 is 11.6 Å². The molecule has 4 aromatic heterocycles. The molecule has 2 atom stereocenters. The van der Waals surface area contributed by atoms with Crippen LogP contribution in [-0.4, -0.2) is 68.2 Å². The summed E-state index contributed by atoms with van der Waals surface area (Å²) in [6.45, 7) is 3.89. The van der Waals surface area contributed by atoms with Crippen molar-refractivity contribution in [1.29, 1.82) is 0 Å². The van der Waals surface area contributed by atoms with E-state index >= 15 is 0 Å². The number of pyridine rings is 2. The molecule has 0 radical (unpaired) electrons. The van der Waals surface area contributed by atoms with E-state index in [1.165, 1.54) is 25.7 Å². The number of anilines is 1. The minimum absolute atomic E-state index is 0.0805. The van der Waals surface area contributed by atoms with E-state index in [0.717, 1.165) is 60.8 Å². The number of H-pyrrole nitrogens is 1. The zero-order chi connectivity index (χ0) is 29.0. The molecule has 2 aliphatic carbocycles. The number of fused-ring (bicyclic) bond motifs is 1. The Balaban J connectivity index is 1.45. The van der Waals surface area contributed by atoms with Crippen LogP contribution in [0, 0.1) is 11.8 Å². The molecule has 5 heterocycles. The number of aromatic amines is 1. The molecule has 12 heteroatoms. The van der Waals surface area contributed by atoms with Crippen molar-refractivity contribution >= 4 is 28.6 Å². The van der Waals surface area contributed by atoms with Gasteiger partial charge in [0.15, 0.2) is 0 Å². The fourth-order valence-electron chi connectivity index (χ4n) is 7.00. The van der Waals surface area contributed by atoms with Gasteiger partial charge in [-0.2, -0.15) is 0 Å². The van der Waals surface area contributed by atoms with Gasteiger partial charge in [-0.15, -0.1) is 0 Å². The van der Waals surface area contributed by atoms with Gasteiger partial charge >= 0.3 is 5.76 Å². The number of aromatic nitrogens is 6. The first-order valence-electron chi connectivity index (χ1n) is 14.8. The van der Waals surface area contributed by atoms with E-state index in [9.17, 15) is 4.79 Å². The summed E-state index contributed by atoms with van der Waals surface area (Å²) < 4.78 is 19.2. The van der Waals surface area contributed by atoms with Gasteiger partial charge in [-0.1, -0.05) is 36.5 Å². The Morgan fingerprint density at radius 1 is 1.14 bits per heavy atom. The van der Waals surface area contributed by atoms with Crippen LogP contribution in [0.1, 0.15) is 51.9 Å². The summed E-state index contributed by atoms with van der Waals surface area (Å²) in [4.78, 5) is 31.5. The molecule has 4 aromatic rings. The van der Waals surface area contributed by atoms with Gasteiger partial charge in [-0.3, -0.25) is 14.5 Å². The minimum atomic E-state index is -0.643. The van der Waals surface area contributed by atoms with Crippen molar-refractivity contribution in [2.75, 3.05) is 25.7 Å². The van der Waals surface area contributed by atoms with Gasteiger partial charge in [0.25, 0.3) is 0 Å². The Labute approximate surface area is 248 Å². The topological polar surface area (TPSA) is 124 Å². The summed E-state index contributed by atoms with van der Waals surface area (Å²) in [7, 11) is 3.60. The van der Waals surface area contributed by atoms with Crippen LogP contribution in [0.5, 0.6) is 0 Å². The van der Waals surface area contributed by atoms with Crippen molar-refractivity contribution in [2.45, 2.75) is 76.2 Å². The molecule has 7 rings (SSSR count). The lowest BCUT2D eigenvalue weighted by molar-refractivity contribution is 0.0481. The van der Waals surface area contributed by atoms with Crippen molar-refractivity contribution in [3.63, 3.8) is 0 Å². The lowest BCUT2D eigenvalue weighted by Crippen LogP contribution is -2.43. The SMILES string of the molecule is CO[C@@H]1C[C@@H](C2(OC)CC2)N(c2nc3cc(-c4noc(=O)[nH]4)nc(-c4cncc(Cl)c4)c3n2CC2CCC(C)CC2)C1. The predicted molar refractivity (Wildman–Crippen MR) is 159 cm³/mol. The number of nitrogens with one attached hydrogen (secondary N) is 1. The van der Waals surface area contributed by atoms with E-state index in [-0.39, 0.29) is 23.6 Å². The first-order chi connectivity index (χ1) is 20.4. The van der Waals surface area contributed by atoms with Crippen molar-refractivity contribution in [2.24, 2.45) is 11.8 Å². The summed E-state index contributed by atoms with van der Waals surface area (Å²) in [5.41, 5.74) is 3.35. The Morgan fingerprint density at radius 2 is 1.95 bits per heavy atom. The van der Waals surface area contributed by atoms with E-state index in [1.807, 2.05) is 19.2 Å². The second kappa shape index (κ2) is 10.8. The lowest BCUT2D eigenvalue weighted by Gasteiger charge is -2.33. The van der Waals surface area contributed by atoms with E-state index in [2.05, 4.69) is 31.5 Å². The molecule has 3 fully saturated rings. The molecule has 11 nitrogen and oxygen atoms in total. The van der Waals surface area contributed by atoms with Crippen LogP contribution in [-0.2, 0) is 16.0 Å². The number of imidazole rings is 1. The van der Waals surface area contributed by atoms with Crippen molar-refractivity contribution < 1.29 is 14.0 Å². The summed E-state index contributed by atoms with van der Waals surface area (Å²) in [6.07, 6.45) is 11.2. The predicted octanol–water partition coefficient (Wildman–Crippen LogP) is 5.09. The molecular formula is C30H36ClN7O4. The number of nitrogens with zero attached hydrogens (tertiary/aromatic N) is 6. The Kier molecular flexibility index (Phi) is 7.06. The Hall–Kier alpha value is -3.28. The monoisotopic (exact) mass is 593 g/mol. The molecule has 3 aliphatic rings. The second-order valence-corrected chi connectivity index (χ2v) is 12.7. The zero-order valence-corrected chi connectivity index (χ0v) is 24.9. The fourth-order valence-corrected chi connectivity index (χ4v) is 7.17. The maximum absolute atomic E-state index is 11.8. The standard InChI is InChI=1S/C30H36ClN7O4/c1-17-4-6-18(7-5-17)15-38-26-22(34-28(38)37-16-21(40-2)11-24(37)30(41-3)8-9-30)12-23(27-35-29(39)42-36-27)33-25(26)19-10-20(31)14-32-13-19/h10,12-14,17-18,21,24H,4-9,11,15-16H2,1-3H3,(H,35,36,39)/t17?,18?,21-,24+/m1/s1. The first kappa shape index (κ1) is 27.5. The number of ether oxygens (including phenoxy) is 2. The second-order valence-electron chi connectivity index (χ2n) is 12.2. The van der Waals surface area contributed by atoms with Gasteiger partial charge in [0.1, 0.15) is 5.69 Å². The highest BCUT2D eigenvalue weighted by Crippen LogP contribution is 2.49. The van der Waals surface area contributed by atoms with Crippen molar-refractivity contribution in [3.05, 3.63) is 40.1 Å². The van der Waals surface area contributed by atoms with Gasteiger partial charge < -0.3 is 18.9 Å². The molecule has 0 amide bonds. The van der Waals surface area contributed by atoms with Gasteiger partial charge in [0.05, 0.1) is 39.5 Å². The van der Waals surface area contributed by atoms with Crippen LogP contribution in [0.4, 0.5) is 5.95 Å². The van der Waals surface area contributed by atoms with Gasteiger partial charge in [0, 0.05) is 45.3 Å². The fraction of sp³-hybridized carbons (Fsp3) is 0.567. The summed E-state index contributed by atoms with van der Waals surface area (Å²) in [6, 6.07) is 3.87. The molecule has 0 aromatic carbocycles. The van der Waals surface area contributed by atoms with E-state index in [1.54, 1.807) is 19.5 Å². The maximum atomic E-state index is 11.8. The van der Waals surface area contributed by atoms with Crippen LogP contribution in [0.15, 0.2) is 33.8 Å². The molecule has 0 bridgehead atoms. The quantitative estimate of drug-likeness (QED) is 0.297. The number of methoxy groups -OCH3 is 2. The number of rotatable bonds is 8. The molecule has 1 saturated heterocycles. The Morgan fingerprint density at radius 3 is 2.62 bits per heavy atom. The third-order valence-corrected chi connectivity index (χ3v) is 9.76. The van der Waals surface area contributed by atoms with E-state index < -0.39 is 5.76 Å². The smallest absolute Gasteiger partial charge is 0.380 e. The van der Waals surface area contributed by atoms with Crippen LogP contribution < -0.4 is 10.7 Å². The van der Waals surface area contributed by atoms with Crippen LogP contribution in [0.3, 0.4) is 0 Å². The van der Waals surface area contributed by atoms with E-state index in [0.29, 0.717) is 22.3 Å². The largest absolute Gasteiger partial charge is 0.439 e. The van der Waals surface area contributed by atoms with Crippen LogP contribution in [0.2, 0.25) is 5.02 Å². The summed E-state index contributed by atoms with van der Waals surface area (Å²) in [5.74, 6) is 1.76. The minimum Gasteiger partial charge on any atom is -0.380 e. The van der Waals surface area contributed by atoms with Gasteiger partial charge in [0.2, 0.25) is 11.8 Å². The molecule has 0 unspecified atom stereocenters. The summed E-state index contributed by atoms with van der Waals surface area (Å²) in [5, 5.41) is 4.42. The molecule has 2 saturated carbocycles. The van der Waals surface area contributed by atoms with Gasteiger partial charge in [-0.05, 0) is 56.1 Å². The van der Waals surface area contributed by atoms with Crippen LogP contribution in [0.25, 0.3) is 33.8 Å². The molecule has 1 aliphatic heterocycles. The average Bonchev–Trinajstić information content (AvgIpc) is 3.28. The summed E-state index contributed by atoms with van der Waals surface area (Å²) >= 11 is 6.42.